The molecule has 0 radical (unpaired) electrons. The molecule has 0 heterocycles. The zero-order valence-corrected chi connectivity index (χ0v) is 13.2. The van der Waals surface area contributed by atoms with Crippen LogP contribution >= 0.6 is 43.5 Å². The fourth-order valence-corrected chi connectivity index (χ4v) is 2.79. The summed E-state index contributed by atoms with van der Waals surface area (Å²) in [6.45, 7) is 0. The van der Waals surface area contributed by atoms with E-state index in [1.54, 1.807) is 18.2 Å². The van der Waals surface area contributed by atoms with Gasteiger partial charge in [-0.1, -0.05) is 33.6 Å². The molecule has 2 aromatic carbocycles. The Balaban J connectivity index is 2.49. The SMILES string of the molecule is Fc1cc(F)c(C(Br)c2ccc(Br)c(Cl)c2)c(F)c1. The average Bonchev–Trinajstić information content (AvgIpc) is 2.31. The Morgan fingerprint density at radius 3 is 2.11 bits per heavy atom. The smallest absolute Gasteiger partial charge is 0.133 e. The van der Waals surface area contributed by atoms with E-state index in [-0.39, 0.29) is 5.56 Å². The summed E-state index contributed by atoms with van der Waals surface area (Å²) in [6, 6.07) is 6.20. The normalized spacial score (nSPS) is 12.5. The number of rotatable bonds is 2. The highest BCUT2D eigenvalue weighted by Crippen LogP contribution is 2.37. The predicted octanol–water partition coefficient (Wildman–Crippen LogP) is 6.00. The molecule has 6 heteroatoms. The van der Waals surface area contributed by atoms with Crippen LogP contribution in [-0.2, 0) is 0 Å². The Bertz CT molecular complexity index is 608. The summed E-state index contributed by atoms with van der Waals surface area (Å²) >= 11 is 12.4. The molecule has 19 heavy (non-hydrogen) atoms. The van der Waals surface area contributed by atoms with Gasteiger partial charge in [-0.2, -0.15) is 0 Å². The van der Waals surface area contributed by atoms with Crippen molar-refractivity contribution in [3.63, 3.8) is 0 Å². The first-order valence-electron chi connectivity index (χ1n) is 5.13. The lowest BCUT2D eigenvalue weighted by Crippen LogP contribution is -2.02. The molecule has 0 aromatic heterocycles. The first-order valence-corrected chi connectivity index (χ1v) is 7.22. The lowest BCUT2D eigenvalue weighted by molar-refractivity contribution is 0.527. The molecule has 0 aliphatic carbocycles. The maximum atomic E-state index is 13.7. The minimum Gasteiger partial charge on any atom is -0.207 e. The van der Waals surface area contributed by atoms with Crippen molar-refractivity contribution in [3.05, 3.63) is 68.4 Å². The summed E-state index contributed by atoms with van der Waals surface area (Å²) in [5, 5.41) is 0.421. The van der Waals surface area contributed by atoms with Crippen LogP contribution in [0.15, 0.2) is 34.8 Å². The van der Waals surface area contributed by atoms with Gasteiger partial charge in [-0.15, -0.1) is 0 Å². The van der Waals surface area contributed by atoms with Gasteiger partial charge in [-0.3, -0.25) is 0 Å². The van der Waals surface area contributed by atoms with Crippen molar-refractivity contribution in [2.45, 2.75) is 4.83 Å². The fourth-order valence-electron chi connectivity index (χ4n) is 1.63. The quantitative estimate of drug-likeness (QED) is 0.529. The molecule has 0 nitrogen and oxygen atoms in total. The molecule has 0 bridgehead atoms. The van der Waals surface area contributed by atoms with Gasteiger partial charge in [0.1, 0.15) is 17.5 Å². The third-order valence-corrected chi connectivity index (χ3v) is 4.75. The van der Waals surface area contributed by atoms with Crippen molar-refractivity contribution in [1.29, 1.82) is 0 Å². The van der Waals surface area contributed by atoms with Gasteiger partial charge >= 0.3 is 0 Å². The zero-order valence-electron chi connectivity index (χ0n) is 9.23. The summed E-state index contributed by atoms with van der Waals surface area (Å²) in [5.41, 5.74) is 0.317. The van der Waals surface area contributed by atoms with Gasteiger partial charge in [0.25, 0.3) is 0 Å². The molecular formula is C13H6Br2ClF3. The van der Waals surface area contributed by atoms with Crippen molar-refractivity contribution < 1.29 is 13.2 Å². The molecule has 1 atom stereocenters. The van der Waals surface area contributed by atoms with Gasteiger partial charge in [0.15, 0.2) is 0 Å². The van der Waals surface area contributed by atoms with Crippen LogP contribution in [0, 0.1) is 17.5 Å². The second kappa shape index (κ2) is 5.85. The molecule has 0 saturated heterocycles. The van der Waals surface area contributed by atoms with Gasteiger partial charge < -0.3 is 0 Å². The highest BCUT2D eigenvalue weighted by molar-refractivity contribution is 9.10. The van der Waals surface area contributed by atoms with E-state index in [9.17, 15) is 13.2 Å². The van der Waals surface area contributed by atoms with E-state index in [0.29, 0.717) is 27.2 Å². The second-order valence-electron chi connectivity index (χ2n) is 3.82. The number of benzene rings is 2. The third kappa shape index (κ3) is 3.15. The Hall–Kier alpha value is -0.520. The summed E-state index contributed by atoms with van der Waals surface area (Å²) in [7, 11) is 0. The summed E-state index contributed by atoms with van der Waals surface area (Å²) in [6.07, 6.45) is 0. The average molecular weight is 414 g/mol. The van der Waals surface area contributed by atoms with Crippen LogP contribution in [0.4, 0.5) is 13.2 Å². The number of alkyl halides is 1. The topological polar surface area (TPSA) is 0 Å². The first kappa shape index (κ1) is 14.9. The van der Waals surface area contributed by atoms with Gasteiger partial charge in [0, 0.05) is 22.2 Å². The zero-order chi connectivity index (χ0) is 14.2. The van der Waals surface area contributed by atoms with E-state index >= 15 is 0 Å². The van der Waals surface area contributed by atoms with Gasteiger partial charge in [0.2, 0.25) is 0 Å². The van der Waals surface area contributed by atoms with Crippen molar-refractivity contribution in [1.82, 2.24) is 0 Å². The first-order chi connectivity index (χ1) is 8.90. The van der Waals surface area contributed by atoms with Crippen LogP contribution in [0.25, 0.3) is 0 Å². The largest absolute Gasteiger partial charge is 0.207 e. The minimum absolute atomic E-state index is 0.250. The molecule has 100 valence electrons. The van der Waals surface area contributed by atoms with Crippen molar-refractivity contribution in [2.75, 3.05) is 0 Å². The van der Waals surface area contributed by atoms with Crippen LogP contribution in [0.5, 0.6) is 0 Å². The van der Waals surface area contributed by atoms with E-state index in [2.05, 4.69) is 31.9 Å². The standard InChI is InChI=1S/C13H6Br2ClF3/c14-8-2-1-6(3-9(8)16)13(15)12-10(18)4-7(17)5-11(12)19/h1-5,13H. The minimum atomic E-state index is -0.952. The molecule has 1 unspecified atom stereocenters. The lowest BCUT2D eigenvalue weighted by Gasteiger charge is -2.13. The van der Waals surface area contributed by atoms with Crippen molar-refractivity contribution in [2.24, 2.45) is 0 Å². The van der Waals surface area contributed by atoms with Crippen LogP contribution in [0.1, 0.15) is 16.0 Å². The van der Waals surface area contributed by atoms with Crippen molar-refractivity contribution in [3.8, 4) is 0 Å². The van der Waals surface area contributed by atoms with E-state index in [1.165, 1.54) is 0 Å². The second-order valence-corrected chi connectivity index (χ2v) is 6.00. The summed E-state index contributed by atoms with van der Waals surface area (Å²) in [5.74, 6) is -2.84. The monoisotopic (exact) mass is 412 g/mol. The lowest BCUT2D eigenvalue weighted by atomic mass is 10.0. The number of hydrogen-bond acceptors (Lipinski definition) is 0. The molecule has 2 rings (SSSR count). The maximum absolute atomic E-state index is 13.7. The van der Waals surface area contributed by atoms with Gasteiger partial charge in [0.05, 0.1) is 9.85 Å². The van der Waals surface area contributed by atoms with Gasteiger partial charge in [-0.05, 0) is 33.6 Å². The van der Waals surface area contributed by atoms with Crippen LogP contribution in [-0.4, -0.2) is 0 Å². The highest BCUT2D eigenvalue weighted by atomic mass is 79.9. The molecule has 0 saturated carbocycles. The molecule has 0 amide bonds. The Kier molecular flexibility index (Phi) is 4.58. The molecule has 0 fully saturated rings. The van der Waals surface area contributed by atoms with Gasteiger partial charge in [-0.25, -0.2) is 13.2 Å². The fraction of sp³-hybridized carbons (Fsp3) is 0.0769. The van der Waals surface area contributed by atoms with Crippen LogP contribution < -0.4 is 0 Å². The third-order valence-electron chi connectivity index (χ3n) is 2.53. The molecule has 0 aliphatic heterocycles. The molecule has 0 N–H and O–H groups in total. The highest BCUT2D eigenvalue weighted by Gasteiger charge is 2.21. The summed E-state index contributed by atoms with van der Waals surface area (Å²) < 4.78 is 40.9. The Morgan fingerprint density at radius 2 is 1.58 bits per heavy atom. The van der Waals surface area contributed by atoms with E-state index < -0.39 is 22.3 Å². The van der Waals surface area contributed by atoms with Crippen LogP contribution in [0.3, 0.4) is 0 Å². The predicted molar refractivity (Wildman–Crippen MR) is 76.2 cm³/mol. The van der Waals surface area contributed by atoms with Crippen molar-refractivity contribution >= 4 is 43.5 Å². The maximum Gasteiger partial charge on any atom is 0.133 e. The Labute approximate surface area is 129 Å². The van der Waals surface area contributed by atoms with Crippen LogP contribution in [0.2, 0.25) is 5.02 Å². The number of halogens is 6. The molecule has 0 spiro atoms. The summed E-state index contributed by atoms with van der Waals surface area (Å²) in [4.78, 5) is -0.751. The molecular weight excluding hydrogens is 408 g/mol. The molecule has 0 aliphatic rings. The van der Waals surface area contributed by atoms with E-state index in [0.717, 1.165) is 0 Å². The number of hydrogen-bond donors (Lipinski definition) is 0. The van der Waals surface area contributed by atoms with E-state index in [4.69, 9.17) is 11.6 Å². The Morgan fingerprint density at radius 1 is 1.00 bits per heavy atom. The van der Waals surface area contributed by atoms with E-state index in [1.807, 2.05) is 0 Å². The molecule has 2 aromatic rings.